The zero-order valence-corrected chi connectivity index (χ0v) is 11.9. The van der Waals surface area contributed by atoms with E-state index in [1.54, 1.807) is 0 Å². The molecule has 0 aliphatic heterocycles. The molecule has 20 heavy (non-hydrogen) atoms. The lowest BCUT2D eigenvalue weighted by Gasteiger charge is -2.18. The molecule has 0 aromatic heterocycles. The van der Waals surface area contributed by atoms with E-state index in [1.807, 2.05) is 13.8 Å². The van der Waals surface area contributed by atoms with Crippen molar-refractivity contribution in [1.82, 2.24) is 5.32 Å². The molecular formula is C13H16ClF3N2O. The van der Waals surface area contributed by atoms with Crippen molar-refractivity contribution in [2.45, 2.75) is 38.9 Å². The van der Waals surface area contributed by atoms with Gasteiger partial charge in [-0.2, -0.15) is 13.2 Å². The summed E-state index contributed by atoms with van der Waals surface area (Å²) in [7, 11) is 0. The van der Waals surface area contributed by atoms with E-state index >= 15 is 0 Å². The van der Waals surface area contributed by atoms with Crippen LogP contribution in [0.2, 0.25) is 5.02 Å². The fourth-order valence-electron chi connectivity index (χ4n) is 1.70. The Bertz CT molecular complexity index is 473. The highest BCUT2D eigenvalue weighted by Gasteiger charge is 2.34. The first-order valence-corrected chi connectivity index (χ1v) is 6.60. The molecule has 0 unspecified atom stereocenters. The molecule has 1 aromatic rings. The van der Waals surface area contributed by atoms with Gasteiger partial charge in [0.05, 0.1) is 11.3 Å². The van der Waals surface area contributed by atoms with Crippen molar-refractivity contribution in [1.29, 1.82) is 0 Å². The molecule has 0 bridgehead atoms. The Hall–Kier alpha value is -1.43. The third kappa shape index (κ3) is 4.59. The van der Waals surface area contributed by atoms with Crippen LogP contribution in [0.3, 0.4) is 0 Å². The van der Waals surface area contributed by atoms with E-state index < -0.39 is 17.8 Å². The van der Waals surface area contributed by atoms with Crippen molar-refractivity contribution in [3.8, 4) is 0 Å². The van der Waals surface area contributed by atoms with E-state index in [-0.39, 0.29) is 16.8 Å². The summed E-state index contributed by atoms with van der Waals surface area (Å²) in [6.45, 7) is 3.77. The maximum Gasteiger partial charge on any atom is 0.418 e. The monoisotopic (exact) mass is 308 g/mol. The number of rotatable bonds is 4. The molecule has 0 radical (unpaired) electrons. The molecule has 0 aliphatic rings. The lowest BCUT2D eigenvalue weighted by Crippen LogP contribution is -2.37. The summed E-state index contributed by atoms with van der Waals surface area (Å²) >= 11 is 5.56. The molecule has 0 spiro atoms. The summed E-state index contributed by atoms with van der Waals surface area (Å²) in [6, 6.07) is 2.48. The van der Waals surface area contributed by atoms with Gasteiger partial charge in [-0.15, -0.1) is 0 Å². The van der Waals surface area contributed by atoms with E-state index in [2.05, 4.69) is 10.6 Å². The Labute approximate surface area is 120 Å². The first-order valence-electron chi connectivity index (χ1n) is 6.22. The average molecular weight is 309 g/mol. The van der Waals surface area contributed by atoms with Gasteiger partial charge in [-0.05, 0) is 31.0 Å². The second-order valence-corrected chi connectivity index (χ2v) is 4.74. The van der Waals surface area contributed by atoms with Crippen LogP contribution in [0.15, 0.2) is 18.2 Å². The van der Waals surface area contributed by atoms with Crippen LogP contribution in [0.5, 0.6) is 0 Å². The Kier molecular flexibility index (Phi) is 5.68. The minimum atomic E-state index is -4.58. The second-order valence-electron chi connectivity index (χ2n) is 4.30. The molecule has 2 N–H and O–H groups in total. The Morgan fingerprint density at radius 3 is 2.40 bits per heavy atom. The standard InChI is InChI=1S/C13H16ClF3N2O/c1-3-9(4-2)18-12(20)19-11-6-5-8(14)7-10(11)13(15,16)17/h5-7,9H,3-4H2,1-2H3,(H2,18,19,20). The van der Waals surface area contributed by atoms with Crippen LogP contribution in [0.25, 0.3) is 0 Å². The lowest BCUT2D eigenvalue weighted by atomic mass is 10.1. The molecule has 0 atom stereocenters. The predicted molar refractivity (Wildman–Crippen MR) is 73.0 cm³/mol. The highest BCUT2D eigenvalue weighted by atomic mass is 35.5. The number of alkyl halides is 3. The Balaban J connectivity index is 2.90. The number of carbonyl (C=O) groups is 1. The van der Waals surface area contributed by atoms with E-state index in [0.717, 1.165) is 12.1 Å². The zero-order valence-electron chi connectivity index (χ0n) is 11.1. The van der Waals surface area contributed by atoms with Gasteiger partial charge >= 0.3 is 12.2 Å². The summed E-state index contributed by atoms with van der Waals surface area (Å²) in [6.07, 6.45) is -3.17. The van der Waals surface area contributed by atoms with Gasteiger partial charge in [0.1, 0.15) is 0 Å². The number of carbonyl (C=O) groups excluding carboxylic acids is 1. The number of nitrogens with one attached hydrogen (secondary N) is 2. The molecule has 112 valence electrons. The first kappa shape index (κ1) is 16.6. The number of hydrogen-bond donors (Lipinski definition) is 2. The molecule has 7 heteroatoms. The molecular weight excluding hydrogens is 293 g/mol. The van der Waals surface area contributed by atoms with Gasteiger partial charge in [0.15, 0.2) is 0 Å². The lowest BCUT2D eigenvalue weighted by molar-refractivity contribution is -0.136. The summed E-state index contributed by atoms with van der Waals surface area (Å²) in [4.78, 5) is 11.7. The average Bonchev–Trinajstić information content (AvgIpc) is 2.36. The van der Waals surface area contributed by atoms with Crippen LogP contribution in [0.1, 0.15) is 32.3 Å². The van der Waals surface area contributed by atoms with Gasteiger partial charge in [-0.3, -0.25) is 0 Å². The van der Waals surface area contributed by atoms with E-state index in [4.69, 9.17) is 11.6 Å². The Morgan fingerprint density at radius 1 is 1.30 bits per heavy atom. The van der Waals surface area contributed by atoms with Crippen molar-refractivity contribution in [2.24, 2.45) is 0 Å². The first-order chi connectivity index (χ1) is 9.27. The summed E-state index contributed by atoms with van der Waals surface area (Å²) in [5.41, 5.74) is -1.28. The highest BCUT2D eigenvalue weighted by molar-refractivity contribution is 6.30. The third-order valence-electron chi connectivity index (χ3n) is 2.86. The van der Waals surface area contributed by atoms with Crippen molar-refractivity contribution in [3.05, 3.63) is 28.8 Å². The van der Waals surface area contributed by atoms with Gasteiger partial charge in [-0.25, -0.2) is 4.79 Å². The summed E-state index contributed by atoms with van der Waals surface area (Å²) in [5, 5.41) is 4.78. The topological polar surface area (TPSA) is 41.1 Å². The number of amides is 2. The van der Waals surface area contributed by atoms with Crippen LogP contribution in [0, 0.1) is 0 Å². The minimum absolute atomic E-state index is 0.0386. The number of urea groups is 1. The molecule has 3 nitrogen and oxygen atoms in total. The molecule has 1 rings (SSSR count). The molecule has 1 aromatic carbocycles. The van der Waals surface area contributed by atoms with Gasteiger partial charge in [0.25, 0.3) is 0 Å². The molecule has 2 amide bonds. The van der Waals surface area contributed by atoms with Crippen LogP contribution in [0.4, 0.5) is 23.7 Å². The van der Waals surface area contributed by atoms with Crippen LogP contribution in [-0.2, 0) is 6.18 Å². The van der Waals surface area contributed by atoms with Gasteiger partial charge < -0.3 is 10.6 Å². The van der Waals surface area contributed by atoms with Crippen molar-refractivity contribution in [3.63, 3.8) is 0 Å². The largest absolute Gasteiger partial charge is 0.418 e. The second kappa shape index (κ2) is 6.83. The van der Waals surface area contributed by atoms with Gasteiger partial charge in [0.2, 0.25) is 0 Å². The quantitative estimate of drug-likeness (QED) is 0.834. The van der Waals surface area contributed by atoms with Crippen LogP contribution < -0.4 is 10.6 Å². The van der Waals surface area contributed by atoms with E-state index in [0.29, 0.717) is 12.8 Å². The van der Waals surface area contributed by atoms with Crippen molar-refractivity contribution >= 4 is 23.3 Å². The van der Waals surface area contributed by atoms with Crippen molar-refractivity contribution < 1.29 is 18.0 Å². The zero-order chi connectivity index (χ0) is 15.3. The molecule has 0 saturated carbocycles. The maximum atomic E-state index is 12.8. The number of benzene rings is 1. The molecule has 0 heterocycles. The maximum absolute atomic E-state index is 12.8. The number of halogens is 4. The smallest absolute Gasteiger partial charge is 0.335 e. The van der Waals surface area contributed by atoms with Crippen LogP contribution >= 0.6 is 11.6 Å². The van der Waals surface area contributed by atoms with E-state index in [9.17, 15) is 18.0 Å². The van der Waals surface area contributed by atoms with Crippen LogP contribution in [-0.4, -0.2) is 12.1 Å². The number of hydrogen-bond acceptors (Lipinski definition) is 1. The molecule has 0 fully saturated rings. The van der Waals surface area contributed by atoms with Gasteiger partial charge in [0, 0.05) is 11.1 Å². The number of anilines is 1. The minimum Gasteiger partial charge on any atom is -0.335 e. The van der Waals surface area contributed by atoms with Gasteiger partial charge in [-0.1, -0.05) is 25.4 Å². The third-order valence-corrected chi connectivity index (χ3v) is 3.09. The van der Waals surface area contributed by atoms with Crippen molar-refractivity contribution in [2.75, 3.05) is 5.32 Å². The highest BCUT2D eigenvalue weighted by Crippen LogP contribution is 2.36. The summed E-state index contributed by atoms with van der Waals surface area (Å²) < 4.78 is 38.5. The van der Waals surface area contributed by atoms with E-state index in [1.165, 1.54) is 6.07 Å². The fraction of sp³-hybridized carbons (Fsp3) is 0.462. The molecule has 0 aliphatic carbocycles. The Morgan fingerprint density at radius 2 is 1.90 bits per heavy atom. The normalized spacial score (nSPS) is 11.6. The summed E-state index contributed by atoms with van der Waals surface area (Å²) in [5.74, 6) is 0. The SMILES string of the molecule is CCC(CC)NC(=O)Nc1ccc(Cl)cc1C(F)(F)F. The fourth-order valence-corrected chi connectivity index (χ4v) is 1.87. The predicted octanol–water partition coefficient (Wildman–Crippen LogP) is 4.67. The molecule has 0 saturated heterocycles.